The molecule has 1 N–H and O–H groups in total. The van der Waals surface area contributed by atoms with E-state index in [1.807, 2.05) is 0 Å². The molecule has 8 nitrogen and oxygen atoms in total. The quantitative estimate of drug-likeness (QED) is 0.445. The summed E-state index contributed by atoms with van der Waals surface area (Å²) in [7, 11) is -3.38. The zero-order valence-electron chi connectivity index (χ0n) is 15.9. The number of allylic oxidation sites excluding steroid dienone is 2. The fourth-order valence-corrected chi connectivity index (χ4v) is 4.86. The predicted molar refractivity (Wildman–Crippen MR) is 105 cm³/mol. The van der Waals surface area contributed by atoms with Gasteiger partial charge in [-0.15, -0.1) is 0 Å². The second kappa shape index (κ2) is 9.36. The highest BCUT2D eigenvalue weighted by molar-refractivity contribution is 7.88. The smallest absolute Gasteiger partial charge is 0.220 e. The second-order valence-corrected chi connectivity index (χ2v) is 8.95. The lowest BCUT2D eigenvalue weighted by Gasteiger charge is -2.36. The van der Waals surface area contributed by atoms with Crippen LogP contribution in [0.1, 0.15) is 31.9 Å². The average Bonchev–Trinajstić information content (AvgIpc) is 3.18. The number of piperazine rings is 1. The minimum absolute atomic E-state index is 0.118. The van der Waals surface area contributed by atoms with Crippen LogP contribution < -0.4 is 5.32 Å². The van der Waals surface area contributed by atoms with E-state index in [0.717, 1.165) is 31.9 Å². The average molecular weight is 396 g/mol. The zero-order valence-corrected chi connectivity index (χ0v) is 16.7. The first-order valence-electron chi connectivity index (χ1n) is 9.64. The van der Waals surface area contributed by atoms with Crippen LogP contribution in [0, 0.1) is 5.92 Å². The largest absolute Gasteiger partial charge is 0.364 e. The van der Waals surface area contributed by atoms with Gasteiger partial charge in [0.15, 0.2) is 5.96 Å². The molecule has 0 spiro atoms. The normalized spacial score (nSPS) is 22.2. The molecule has 3 rings (SSSR count). The van der Waals surface area contributed by atoms with Gasteiger partial charge in [-0.05, 0) is 32.1 Å². The van der Waals surface area contributed by atoms with Crippen LogP contribution >= 0.6 is 0 Å². The fourth-order valence-electron chi connectivity index (χ4n) is 3.43. The monoisotopic (exact) mass is 395 g/mol. The Balaban J connectivity index is 1.56. The molecule has 0 saturated carbocycles. The van der Waals surface area contributed by atoms with Crippen molar-refractivity contribution in [2.24, 2.45) is 10.9 Å². The molecule has 1 aliphatic carbocycles. The van der Waals surface area contributed by atoms with Crippen LogP contribution in [0.25, 0.3) is 0 Å². The van der Waals surface area contributed by atoms with Gasteiger partial charge >= 0.3 is 0 Å². The fraction of sp³-hybridized carbons (Fsp3) is 0.667. The Kier molecular flexibility index (Phi) is 6.89. The molecule has 0 bridgehead atoms. The summed E-state index contributed by atoms with van der Waals surface area (Å²) in [5, 5.41) is 7.06. The summed E-state index contributed by atoms with van der Waals surface area (Å²) < 4.78 is 31.4. The molecule has 1 aliphatic heterocycles. The SMILES string of the molecule is CCNC(=NCC1CC=CCC1)N1CCN(S(=O)(=O)Cc2ccon2)CC1. The van der Waals surface area contributed by atoms with Gasteiger partial charge in [-0.1, -0.05) is 17.3 Å². The Morgan fingerprint density at radius 2 is 2.15 bits per heavy atom. The molecule has 0 radical (unpaired) electrons. The number of aliphatic imine (C=N–C) groups is 1. The number of sulfonamides is 1. The van der Waals surface area contributed by atoms with Crippen LogP contribution in [0.5, 0.6) is 0 Å². The van der Waals surface area contributed by atoms with Gasteiger partial charge in [0.2, 0.25) is 10.0 Å². The Bertz CT molecular complexity index is 737. The second-order valence-electron chi connectivity index (χ2n) is 6.98. The molecule has 0 aromatic carbocycles. The topological polar surface area (TPSA) is 91.0 Å². The Labute approximate surface area is 161 Å². The first kappa shape index (κ1) is 19.9. The van der Waals surface area contributed by atoms with E-state index in [-0.39, 0.29) is 5.75 Å². The van der Waals surface area contributed by atoms with E-state index in [9.17, 15) is 8.42 Å². The van der Waals surface area contributed by atoms with Gasteiger partial charge in [-0.3, -0.25) is 4.99 Å². The van der Waals surface area contributed by atoms with Crippen molar-refractivity contribution in [2.75, 3.05) is 39.3 Å². The number of hydrogen-bond donors (Lipinski definition) is 1. The lowest BCUT2D eigenvalue weighted by atomic mass is 9.95. The van der Waals surface area contributed by atoms with Gasteiger partial charge in [0.1, 0.15) is 12.0 Å². The molecule has 150 valence electrons. The molecule has 1 unspecified atom stereocenters. The van der Waals surface area contributed by atoms with Crippen molar-refractivity contribution in [3.63, 3.8) is 0 Å². The van der Waals surface area contributed by atoms with Gasteiger partial charge < -0.3 is 14.7 Å². The number of rotatable bonds is 6. The molecule has 2 aliphatic rings. The molecular formula is C18H29N5O3S. The molecule has 27 heavy (non-hydrogen) atoms. The maximum atomic E-state index is 12.6. The van der Waals surface area contributed by atoms with Crippen LogP contribution in [-0.4, -0.2) is 68.0 Å². The molecule has 1 saturated heterocycles. The number of nitrogens with one attached hydrogen (secondary N) is 1. The highest BCUT2D eigenvalue weighted by Crippen LogP contribution is 2.18. The number of hydrogen-bond acceptors (Lipinski definition) is 5. The van der Waals surface area contributed by atoms with Gasteiger partial charge in [0, 0.05) is 45.3 Å². The maximum absolute atomic E-state index is 12.6. The van der Waals surface area contributed by atoms with Crippen molar-refractivity contribution >= 4 is 16.0 Å². The molecule has 2 heterocycles. The predicted octanol–water partition coefficient (Wildman–Crippen LogP) is 1.44. The summed E-state index contributed by atoms with van der Waals surface area (Å²) in [4.78, 5) is 6.97. The van der Waals surface area contributed by atoms with Crippen molar-refractivity contribution < 1.29 is 12.9 Å². The Morgan fingerprint density at radius 3 is 2.78 bits per heavy atom. The first-order chi connectivity index (χ1) is 13.1. The lowest BCUT2D eigenvalue weighted by molar-refractivity contribution is 0.259. The van der Waals surface area contributed by atoms with E-state index in [0.29, 0.717) is 37.8 Å². The third kappa shape index (κ3) is 5.55. The summed E-state index contributed by atoms with van der Waals surface area (Å²) in [6.45, 7) is 5.85. The van der Waals surface area contributed by atoms with Gasteiger partial charge in [-0.25, -0.2) is 8.42 Å². The molecule has 1 fully saturated rings. The Morgan fingerprint density at radius 1 is 1.33 bits per heavy atom. The highest BCUT2D eigenvalue weighted by Gasteiger charge is 2.29. The van der Waals surface area contributed by atoms with E-state index in [2.05, 4.69) is 34.4 Å². The highest BCUT2D eigenvalue weighted by atomic mass is 32.2. The molecule has 1 aromatic heterocycles. The van der Waals surface area contributed by atoms with E-state index >= 15 is 0 Å². The van der Waals surface area contributed by atoms with Gasteiger partial charge in [-0.2, -0.15) is 4.31 Å². The third-order valence-corrected chi connectivity index (χ3v) is 6.78. The zero-order chi connectivity index (χ0) is 19.1. The van der Waals surface area contributed by atoms with Crippen LogP contribution in [-0.2, 0) is 15.8 Å². The van der Waals surface area contributed by atoms with E-state index in [1.165, 1.54) is 17.0 Å². The van der Waals surface area contributed by atoms with Crippen LogP contribution in [0.2, 0.25) is 0 Å². The standard InChI is InChI=1S/C18H29N5O3S/c1-2-19-18(20-14-16-6-4-3-5-7-16)22-9-11-23(12-10-22)27(24,25)15-17-8-13-26-21-17/h3-4,8,13,16H,2,5-7,9-12,14-15H2,1H3,(H,19,20). The summed E-state index contributed by atoms with van der Waals surface area (Å²) in [5.74, 6) is 1.38. The summed E-state index contributed by atoms with van der Waals surface area (Å²) in [5.41, 5.74) is 0.439. The molecule has 0 amide bonds. The summed E-state index contributed by atoms with van der Waals surface area (Å²) in [6, 6.07) is 1.59. The molecule has 9 heteroatoms. The number of nitrogens with zero attached hydrogens (tertiary/aromatic N) is 4. The minimum Gasteiger partial charge on any atom is -0.364 e. The number of guanidine groups is 1. The molecule has 1 atom stereocenters. The maximum Gasteiger partial charge on any atom is 0.220 e. The van der Waals surface area contributed by atoms with Crippen LogP contribution in [0.4, 0.5) is 0 Å². The third-order valence-electron chi connectivity index (χ3n) is 4.96. The van der Waals surface area contributed by atoms with Crippen molar-refractivity contribution in [3.05, 3.63) is 30.2 Å². The van der Waals surface area contributed by atoms with Crippen molar-refractivity contribution in [2.45, 2.75) is 31.9 Å². The van der Waals surface area contributed by atoms with Gasteiger partial charge in [0.05, 0.1) is 5.69 Å². The summed E-state index contributed by atoms with van der Waals surface area (Å²) >= 11 is 0. The minimum atomic E-state index is -3.38. The van der Waals surface area contributed by atoms with Crippen LogP contribution in [0.3, 0.4) is 0 Å². The van der Waals surface area contributed by atoms with Crippen molar-refractivity contribution in [1.29, 1.82) is 0 Å². The van der Waals surface area contributed by atoms with Crippen molar-refractivity contribution in [1.82, 2.24) is 19.7 Å². The lowest BCUT2D eigenvalue weighted by Crippen LogP contribution is -2.54. The van der Waals surface area contributed by atoms with E-state index in [4.69, 9.17) is 9.52 Å². The van der Waals surface area contributed by atoms with Crippen LogP contribution in [0.15, 0.2) is 34.0 Å². The number of aromatic nitrogens is 1. The molecule has 1 aromatic rings. The molecular weight excluding hydrogens is 366 g/mol. The van der Waals surface area contributed by atoms with E-state index < -0.39 is 10.0 Å². The summed E-state index contributed by atoms with van der Waals surface area (Å²) in [6.07, 6.45) is 9.30. The Hall–Kier alpha value is -1.87. The van der Waals surface area contributed by atoms with E-state index in [1.54, 1.807) is 6.07 Å². The van der Waals surface area contributed by atoms with Gasteiger partial charge in [0.25, 0.3) is 0 Å². The van der Waals surface area contributed by atoms with Crippen molar-refractivity contribution in [3.8, 4) is 0 Å². The first-order valence-corrected chi connectivity index (χ1v) is 11.2.